The smallest absolute Gasteiger partial charge is 0.326 e. The van der Waals surface area contributed by atoms with Crippen molar-refractivity contribution in [3.63, 3.8) is 0 Å². The van der Waals surface area contributed by atoms with Crippen molar-refractivity contribution in [2.75, 3.05) is 4.90 Å². The Morgan fingerprint density at radius 2 is 1.90 bits per heavy atom. The molecule has 2 aromatic rings. The third-order valence-electron chi connectivity index (χ3n) is 3.64. The molecule has 102 valence electrons. The number of fused-ring (bicyclic) bond motifs is 1. The largest absolute Gasteiger partial charge is 0.480 e. The number of hydrogen-bond acceptors (Lipinski definition) is 2. The molecule has 2 aromatic carbocycles. The van der Waals surface area contributed by atoms with Gasteiger partial charge >= 0.3 is 5.97 Å². The second kappa shape index (κ2) is 5.44. The maximum absolute atomic E-state index is 11.5. The first kappa shape index (κ1) is 13.4. The highest BCUT2D eigenvalue weighted by Crippen LogP contribution is 2.33. The van der Waals surface area contributed by atoms with E-state index in [9.17, 15) is 9.90 Å². The van der Waals surface area contributed by atoms with Crippen LogP contribution in [0.4, 0.5) is 5.69 Å². The van der Waals surface area contributed by atoms with E-state index in [0.717, 1.165) is 16.8 Å². The van der Waals surface area contributed by atoms with E-state index in [4.69, 9.17) is 0 Å². The number of carbonyl (C=O) groups is 1. The second-order valence-electron chi connectivity index (χ2n) is 4.94. The molecule has 3 rings (SSSR count). The topological polar surface area (TPSA) is 40.5 Å². The molecule has 0 bridgehead atoms. The summed E-state index contributed by atoms with van der Waals surface area (Å²) in [6.45, 7) is 0.630. The molecule has 1 aliphatic rings. The molecule has 0 saturated carbocycles. The Morgan fingerprint density at radius 3 is 2.60 bits per heavy atom. The molecule has 0 aliphatic carbocycles. The maximum atomic E-state index is 11.5. The van der Waals surface area contributed by atoms with E-state index >= 15 is 0 Å². The molecule has 0 fully saturated rings. The van der Waals surface area contributed by atoms with Crippen molar-refractivity contribution in [1.82, 2.24) is 0 Å². The van der Waals surface area contributed by atoms with Gasteiger partial charge in [-0.3, -0.25) is 0 Å². The summed E-state index contributed by atoms with van der Waals surface area (Å²) in [5, 5.41) is 9.44. The van der Waals surface area contributed by atoms with E-state index < -0.39 is 12.0 Å². The minimum absolute atomic E-state index is 0.466. The lowest BCUT2D eigenvalue weighted by Gasteiger charge is -2.24. The summed E-state index contributed by atoms with van der Waals surface area (Å²) in [6.07, 6.45) is 0.579. The Kier molecular flexibility index (Phi) is 3.65. The first-order valence-electron chi connectivity index (χ1n) is 6.47. The maximum Gasteiger partial charge on any atom is 0.326 e. The molecule has 1 heterocycles. The molecule has 1 N–H and O–H groups in total. The van der Waals surface area contributed by atoms with Crippen LogP contribution < -0.4 is 4.90 Å². The fourth-order valence-corrected chi connectivity index (χ4v) is 3.01. The molecule has 0 spiro atoms. The molecule has 1 atom stereocenters. The number of rotatable bonds is 3. The van der Waals surface area contributed by atoms with Crippen LogP contribution in [-0.2, 0) is 17.8 Å². The predicted octanol–water partition coefficient (Wildman–Crippen LogP) is 3.31. The van der Waals surface area contributed by atoms with Gasteiger partial charge in [-0.1, -0.05) is 30.3 Å². The molecule has 0 radical (unpaired) electrons. The number of halogens is 1. The van der Waals surface area contributed by atoms with Crippen molar-refractivity contribution >= 4 is 34.2 Å². The van der Waals surface area contributed by atoms with Gasteiger partial charge in [0.05, 0.1) is 0 Å². The normalized spacial score (nSPS) is 17.1. The monoisotopic (exact) mass is 379 g/mol. The van der Waals surface area contributed by atoms with Crippen molar-refractivity contribution in [3.8, 4) is 0 Å². The van der Waals surface area contributed by atoms with Crippen LogP contribution >= 0.6 is 22.6 Å². The zero-order chi connectivity index (χ0) is 14.1. The van der Waals surface area contributed by atoms with Gasteiger partial charge in [-0.15, -0.1) is 0 Å². The summed E-state index contributed by atoms with van der Waals surface area (Å²) in [5.41, 5.74) is 3.29. The summed E-state index contributed by atoms with van der Waals surface area (Å²) in [5.74, 6) is -0.758. The molecule has 4 heteroatoms. The van der Waals surface area contributed by atoms with Gasteiger partial charge in [0.2, 0.25) is 0 Å². The number of para-hydroxylation sites is 1. The molecule has 1 unspecified atom stereocenters. The first-order chi connectivity index (χ1) is 9.65. The summed E-state index contributed by atoms with van der Waals surface area (Å²) in [6, 6.07) is 15.7. The van der Waals surface area contributed by atoms with Gasteiger partial charge in [0.25, 0.3) is 0 Å². The van der Waals surface area contributed by atoms with Crippen LogP contribution in [0.2, 0.25) is 0 Å². The van der Waals surface area contributed by atoms with Gasteiger partial charge in [0.1, 0.15) is 6.04 Å². The third kappa shape index (κ3) is 2.52. The number of anilines is 1. The summed E-state index contributed by atoms with van der Waals surface area (Å²) in [4.78, 5) is 13.5. The lowest BCUT2D eigenvalue weighted by molar-refractivity contribution is -0.138. The molecular formula is C16H14INO2. The molecule has 20 heavy (non-hydrogen) atoms. The van der Waals surface area contributed by atoms with Gasteiger partial charge in [0.15, 0.2) is 0 Å². The van der Waals surface area contributed by atoms with Gasteiger partial charge in [-0.2, -0.15) is 0 Å². The molecular weight excluding hydrogens is 365 g/mol. The summed E-state index contributed by atoms with van der Waals surface area (Å²) in [7, 11) is 0. The Balaban J connectivity index is 1.92. The zero-order valence-electron chi connectivity index (χ0n) is 10.8. The molecule has 3 nitrogen and oxygen atoms in total. The van der Waals surface area contributed by atoms with Gasteiger partial charge < -0.3 is 10.0 Å². The van der Waals surface area contributed by atoms with Crippen molar-refractivity contribution in [1.29, 1.82) is 0 Å². The van der Waals surface area contributed by atoms with E-state index in [1.807, 2.05) is 41.3 Å². The van der Waals surface area contributed by atoms with Crippen LogP contribution in [0.15, 0.2) is 48.5 Å². The van der Waals surface area contributed by atoms with Crippen LogP contribution in [0.25, 0.3) is 0 Å². The highest BCUT2D eigenvalue weighted by Gasteiger charge is 2.33. The number of hydrogen-bond donors (Lipinski definition) is 1. The molecule has 0 aromatic heterocycles. The van der Waals surface area contributed by atoms with E-state index in [1.165, 1.54) is 3.57 Å². The van der Waals surface area contributed by atoms with Crippen LogP contribution in [0.1, 0.15) is 11.1 Å². The average Bonchev–Trinajstić information content (AvgIpc) is 2.81. The SMILES string of the molecule is O=C(O)C1Cc2ccccc2N1Cc1ccc(I)cc1. The van der Waals surface area contributed by atoms with Crippen LogP contribution in [0.3, 0.4) is 0 Å². The molecule has 0 saturated heterocycles. The summed E-state index contributed by atoms with van der Waals surface area (Å²) < 4.78 is 1.18. The van der Waals surface area contributed by atoms with Crippen molar-refractivity contribution in [2.24, 2.45) is 0 Å². The van der Waals surface area contributed by atoms with E-state index in [0.29, 0.717) is 13.0 Å². The Bertz CT molecular complexity index is 639. The highest BCUT2D eigenvalue weighted by atomic mass is 127. The van der Waals surface area contributed by atoms with Crippen molar-refractivity contribution < 1.29 is 9.90 Å². The zero-order valence-corrected chi connectivity index (χ0v) is 12.9. The fraction of sp³-hybridized carbons (Fsp3) is 0.188. The third-order valence-corrected chi connectivity index (χ3v) is 4.36. The quantitative estimate of drug-likeness (QED) is 0.833. The number of aliphatic carboxylic acids is 1. The Hall–Kier alpha value is -1.56. The van der Waals surface area contributed by atoms with Gasteiger partial charge in [-0.25, -0.2) is 4.79 Å². The molecule has 0 amide bonds. The van der Waals surface area contributed by atoms with Crippen LogP contribution in [0, 0.1) is 3.57 Å². The second-order valence-corrected chi connectivity index (χ2v) is 6.19. The number of carboxylic acids is 1. The minimum Gasteiger partial charge on any atom is -0.480 e. The predicted molar refractivity (Wildman–Crippen MR) is 86.9 cm³/mol. The van der Waals surface area contributed by atoms with Gasteiger partial charge in [-0.05, 0) is 51.9 Å². The fourth-order valence-electron chi connectivity index (χ4n) is 2.65. The number of nitrogens with zero attached hydrogens (tertiary/aromatic N) is 1. The molecule has 1 aliphatic heterocycles. The van der Waals surface area contributed by atoms with Crippen molar-refractivity contribution in [2.45, 2.75) is 19.0 Å². The minimum atomic E-state index is -0.758. The van der Waals surface area contributed by atoms with E-state index in [1.54, 1.807) is 0 Å². The van der Waals surface area contributed by atoms with E-state index in [2.05, 4.69) is 34.7 Å². The summed E-state index contributed by atoms with van der Waals surface area (Å²) >= 11 is 2.27. The lowest BCUT2D eigenvalue weighted by Crippen LogP contribution is -2.38. The highest BCUT2D eigenvalue weighted by molar-refractivity contribution is 14.1. The Labute approximate surface area is 131 Å². The van der Waals surface area contributed by atoms with Crippen LogP contribution in [-0.4, -0.2) is 17.1 Å². The Morgan fingerprint density at radius 1 is 1.20 bits per heavy atom. The average molecular weight is 379 g/mol. The van der Waals surface area contributed by atoms with Crippen LogP contribution in [0.5, 0.6) is 0 Å². The first-order valence-corrected chi connectivity index (χ1v) is 7.55. The van der Waals surface area contributed by atoms with E-state index in [-0.39, 0.29) is 0 Å². The number of carboxylic acid groups (broad SMARTS) is 1. The standard InChI is InChI=1S/C16H14INO2/c17-13-7-5-11(6-8-13)10-18-14-4-2-1-3-12(14)9-15(18)16(19)20/h1-8,15H,9-10H2,(H,19,20). The van der Waals surface area contributed by atoms with Crippen molar-refractivity contribution in [3.05, 3.63) is 63.2 Å². The lowest BCUT2D eigenvalue weighted by atomic mass is 10.1. The van der Waals surface area contributed by atoms with Gasteiger partial charge in [0, 0.05) is 22.2 Å². The number of benzene rings is 2.